The maximum atomic E-state index is 12.1. The Morgan fingerprint density at radius 3 is 2.70 bits per heavy atom. The fourth-order valence-corrected chi connectivity index (χ4v) is 3.71. The fourth-order valence-electron chi connectivity index (χ4n) is 3.07. The minimum Gasteiger partial charge on any atom is -0.368 e. The molecule has 2 N–H and O–H groups in total. The van der Waals surface area contributed by atoms with Crippen LogP contribution >= 0.6 is 11.3 Å². The van der Waals surface area contributed by atoms with Crippen LogP contribution in [-0.4, -0.2) is 38.7 Å². The van der Waals surface area contributed by atoms with Crippen molar-refractivity contribution in [1.29, 1.82) is 0 Å². The molecule has 30 heavy (non-hydrogen) atoms. The number of carbonyl (C=O) groups is 1. The van der Waals surface area contributed by atoms with E-state index in [1.54, 1.807) is 6.20 Å². The van der Waals surface area contributed by atoms with Gasteiger partial charge in [0.1, 0.15) is 11.6 Å². The van der Waals surface area contributed by atoms with E-state index in [-0.39, 0.29) is 11.8 Å². The van der Waals surface area contributed by atoms with E-state index in [0.717, 1.165) is 34.8 Å². The van der Waals surface area contributed by atoms with Crippen LogP contribution in [0.2, 0.25) is 0 Å². The van der Waals surface area contributed by atoms with E-state index in [1.807, 2.05) is 52.5 Å². The molecule has 4 rings (SSSR count). The first-order chi connectivity index (χ1) is 14.7. The van der Waals surface area contributed by atoms with Crippen molar-refractivity contribution in [2.75, 3.05) is 18.4 Å². The summed E-state index contributed by atoms with van der Waals surface area (Å²) in [5.74, 6) is 1.69. The quantitative estimate of drug-likeness (QED) is 0.417. The Balaban J connectivity index is 1.57. The molecule has 0 saturated heterocycles. The molecule has 8 heteroatoms. The molecule has 1 atom stereocenters. The number of hydrogen-bond donors (Lipinski definition) is 2. The normalized spacial score (nSPS) is 12.1. The van der Waals surface area contributed by atoms with Crippen molar-refractivity contribution in [3.05, 3.63) is 64.7 Å². The van der Waals surface area contributed by atoms with Crippen molar-refractivity contribution in [3.63, 3.8) is 0 Å². The first-order valence-corrected chi connectivity index (χ1v) is 10.9. The average molecular weight is 421 g/mol. The third-order valence-corrected chi connectivity index (χ3v) is 5.82. The van der Waals surface area contributed by atoms with E-state index in [2.05, 4.69) is 29.6 Å². The maximum Gasteiger partial charge on any atom is 0.261 e. The highest BCUT2D eigenvalue weighted by atomic mass is 32.1. The van der Waals surface area contributed by atoms with Gasteiger partial charge >= 0.3 is 0 Å². The molecule has 0 aliphatic carbocycles. The number of carbonyl (C=O) groups excluding carboxylic acids is 1. The highest BCUT2D eigenvalue weighted by Gasteiger charge is 2.16. The van der Waals surface area contributed by atoms with Gasteiger partial charge in [0.15, 0.2) is 5.65 Å². The molecule has 4 aromatic rings. The number of thiophene rings is 1. The van der Waals surface area contributed by atoms with Crippen LogP contribution in [0.3, 0.4) is 0 Å². The Morgan fingerprint density at radius 2 is 1.97 bits per heavy atom. The molecule has 0 aliphatic heterocycles. The monoisotopic (exact) mass is 420 g/mol. The molecule has 0 unspecified atom stereocenters. The van der Waals surface area contributed by atoms with Crippen molar-refractivity contribution >= 4 is 34.1 Å². The number of anilines is 1. The highest BCUT2D eigenvalue weighted by molar-refractivity contribution is 7.12. The van der Waals surface area contributed by atoms with Gasteiger partial charge in [-0.3, -0.25) is 4.79 Å². The lowest BCUT2D eigenvalue weighted by Gasteiger charge is -2.13. The number of amides is 1. The largest absolute Gasteiger partial charge is 0.368 e. The molecule has 1 aromatic carbocycles. The lowest BCUT2D eigenvalue weighted by molar-refractivity contribution is 0.0959. The second kappa shape index (κ2) is 9.04. The van der Waals surface area contributed by atoms with Gasteiger partial charge in [-0.1, -0.05) is 38.1 Å². The topological polar surface area (TPSA) is 84.7 Å². The number of fused-ring (bicyclic) bond motifs is 1. The van der Waals surface area contributed by atoms with Crippen LogP contribution in [0.25, 0.3) is 16.7 Å². The van der Waals surface area contributed by atoms with Crippen LogP contribution in [0.4, 0.5) is 5.82 Å². The Bertz CT molecular complexity index is 1120. The number of nitrogens with zero attached hydrogens (tertiary/aromatic N) is 4. The van der Waals surface area contributed by atoms with Gasteiger partial charge < -0.3 is 10.6 Å². The molecule has 0 aliphatic rings. The number of para-hydroxylation sites is 1. The molecule has 1 amide bonds. The maximum absolute atomic E-state index is 12.1. The third kappa shape index (κ3) is 4.18. The summed E-state index contributed by atoms with van der Waals surface area (Å²) in [6, 6.07) is 13.6. The van der Waals surface area contributed by atoms with E-state index in [0.29, 0.717) is 18.0 Å². The van der Waals surface area contributed by atoms with E-state index in [1.165, 1.54) is 11.3 Å². The third-order valence-electron chi connectivity index (χ3n) is 4.95. The summed E-state index contributed by atoms with van der Waals surface area (Å²) >= 11 is 1.43. The summed E-state index contributed by atoms with van der Waals surface area (Å²) in [6.45, 7) is 5.29. The number of rotatable bonds is 8. The van der Waals surface area contributed by atoms with Crippen molar-refractivity contribution in [3.8, 4) is 5.69 Å². The van der Waals surface area contributed by atoms with Crippen LogP contribution in [0.15, 0.2) is 54.0 Å². The van der Waals surface area contributed by atoms with Crippen molar-refractivity contribution < 1.29 is 4.79 Å². The molecule has 3 aromatic heterocycles. The van der Waals surface area contributed by atoms with Gasteiger partial charge in [0.2, 0.25) is 0 Å². The smallest absolute Gasteiger partial charge is 0.261 e. The molecular formula is C22H24N6OS. The molecule has 0 saturated carbocycles. The minimum atomic E-state index is -0.0585. The minimum absolute atomic E-state index is 0.0585. The Kier molecular flexibility index (Phi) is 6.04. The predicted octanol–water partition coefficient (Wildman–Crippen LogP) is 4.23. The summed E-state index contributed by atoms with van der Waals surface area (Å²) in [7, 11) is 0. The van der Waals surface area contributed by atoms with Gasteiger partial charge in [0, 0.05) is 19.0 Å². The first kappa shape index (κ1) is 20.0. The summed E-state index contributed by atoms with van der Waals surface area (Å²) in [4.78, 5) is 22.4. The molecule has 7 nitrogen and oxygen atoms in total. The van der Waals surface area contributed by atoms with Gasteiger partial charge in [-0.25, -0.2) is 14.6 Å². The van der Waals surface area contributed by atoms with Crippen molar-refractivity contribution in [1.82, 2.24) is 25.1 Å². The van der Waals surface area contributed by atoms with Crippen molar-refractivity contribution in [2.45, 2.75) is 26.2 Å². The zero-order valence-corrected chi connectivity index (χ0v) is 17.8. The molecular weight excluding hydrogens is 396 g/mol. The SMILES string of the molecule is CC[C@@H](C)c1nc(NCCNC(=O)c2cccs2)c2cnn(-c3ccccc3)c2n1. The van der Waals surface area contributed by atoms with Crippen LogP contribution in [-0.2, 0) is 0 Å². The molecule has 0 spiro atoms. The van der Waals surface area contributed by atoms with E-state index in [4.69, 9.17) is 9.97 Å². The Hall–Kier alpha value is -3.26. The number of hydrogen-bond acceptors (Lipinski definition) is 6. The van der Waals surface area contributed by atoms with Crippen LogP contribution in [0.5, 0.6) is 0 Å². The molecule has 0 bridgehead atoms. The van der Waals surface area contributed by atoms with E-state index in [9.17, 15) is 4.79 Å². The molecule has 0 fully saturated rings. The standard InChI is InChI=1S/C22H24N6OS/c1-3-15(2)19-26-20(23-11-12-24-22(29)18-10-7-13-30-18)17-14-25-28(21(17)27-19)16-8-5-4-6-9-16/h4-10,13-15H,3,11-12H2,1-2H3,(H,24,29)(H,23,26,27)/t15-/m1/s1. The lowest BCUT2D eigenvalue weighted by Crippen LogP contribution is -2.28. The predicted molar refractivity (Wildman–Crippen MR) is 121 cm³/mol. The molecule has 0 radical (unpaired) electrons. The van der Waals surface area contributed by atoms with Crippen LogP contribution < -0.4 is 10.6 Å². The van der Waals surface area contributed by atoms with Gasteiger partial charge in [-0.15, -0.1) is 11.3 Å². The molecule has 3 heterocycles. The van der Waals surface area contributed by atoms with Crippen molar-refractivity contribution in [2.24, 2.45) is 0 Å². The summed E-state index contributed by atoms with van der Waals surface area (Å²) < 4.78 is 1.84. The average Bonchev–Trinajstić information content (AvgIpc) is 3.46. The number of aromatic nitrogens is 4. The zero-order chi connectivity index (χ0) is 20.9. The summed E-state index contributed by atoms with van der Waals surface area (Å²) in [5.41, 5.74) is 1.73. The Morgan fingerprint density at radius 1 is 1.13 bits per heavy atom. The first-order valence-electron chi connectivity index (χ1n) is 10.0. The zero-order valence-electron chi connectivity index (χ0n) is 17.0. The second-order valence-electron chi connectivity index (χ2n) is 7.03. The molecule has 154 valence electrons. The number of benzene rings is 1. The van der Waals surface area contributed by atoms with Gasteiger partial charge in [-0.2, -0.15) is 5.10 Å². The highest BCUT2D eigenvalue weighted by Crippen LogP contribution is 2.26. The summed E-state index contributed by atoms with van der Waals surface area (Å²) in [6.07, 6.45) is 2.73. The Labute approximate surface area is 179 Å². The van der Waals surface area contributed by atoms with Gasteiger partial charge in [-0.05, 0) is 30.0 Å². The second-order valence-corrected chi connectivity index (χ2v) is 7.98. The van der Waals surface area contributed by atoms with Gasteiger partial charge in [0.05, 0.1) is 22.1 Å². The van der Waals surface area contributed by atoms with Gasteiger partial charge in [0.25, 0.3) is 5.91 Å². The van der Waals surface area contributed by atoms with E-state index >= 15 is 0 Å². The number of nitrogens with one attached hydrogen (secondary N) is 2. The van der Waals surface area contributed by atoms with Crippen LogP contribution in [0.1, 0.15) is 41.7 Å². The fraction of sp³-hybridized carbons (Fsp3) is 0.273. The summed E-state index contributed by atoms with van der Waals surface area (Å²) in [5, 5.41) is 13.6. The lowest BCUT2D eigenvalue weighted by atomic mass is 10.1. The van der Waals surface area contributed by atoms with Crippen LogP contribution in [0, 0.1) is 0 Å². The van der Waals surface area contributed by atoms with E-state index < -0.39 is 0 Å².